The third-order valence-corrected chi connectivity index (χ3v) is 5.56. The molecule has 0 N–H and O–H groups in total. The molecule has 0 unspecified atom stereocenters. The lowest BCUT2D eigenvalue weighted by Crippen LogP contribution is -2.06. The molecule has 0 radical (unpaired) electrons. The lowest BCUT2D eigenvalue weighted by molar-refractivity contribution is 0.100. The second kappa shape index (κ2) is 7.89. The first-order chi connectivity index (χ1) is 15.2. The first-order valence-corrected chi connectivity index (χ1v) is 10.1. The number of hydrogen-bond donors (Lipinski definition) is 0. The molecule has 2 heterocycles. The van der Waals surface area contributed by atoms with Gasteiger partial charge in [-0.05, 0) is 27.7 Å². The second-order valence-corrected chi connectivity index (χ2v) is 7.72. The predicted octanol–water partition coefficient (Wildman–Crippen LogP) is 5.26. The molecule has 0 aliphatic rings. The second-order valence-electron chi connectivity index (χ2n) is 7.72. The molecule has 0 aliphatic carbocycles. The standard InChI is InChI=1S/C26H20N2O4/c1-13(29)17-7-5-9-19-23(17)21(15(3)31)11-27-25(19)26-20-10-6-8-18(14(2)30)24(20)22(12-28-26)16(4)32/h5-12H,1-4H3. The first kappa shape index (κ1) is 21.2. The fraction of sp³-hybridized carbons (Fsp3) is 0.154. The lowest BCUT2D eigenvalue weighted by atomic mass is 9.92. The molecule has 4 aromatic rings. The van der Waals surface area contributed by atoms with Crippen LogP contribution in [0.1, 0.15) is 69.1 Å². The summed E-state index contributed by atoms with van der Waals surface area (Å²) in [6.07, 6.45) is 2.90. The van der Waals surface area contributed by atoms with E-state index >= 15 is 0 Å². The van der Waals surface area contributed by atoms with E-state index in [1.165, 1.54) is 40.1 Å². The van der Waals surface area contributed by atoms with Crippen LogP contribution in [-0.2, 0) is 0 Å². The van der Waals surface area contributed by atoms with Crippen molar-refractivity contribution in [2.75, 3.05) is 0 Å². The zero-order valence-electron chi connectivity index (χ0n) is 18.1. The van der Waals surface area contributed by atoms with Crippen LogP contribution >= 0.6 is 0 Å². The molecule has 6 nitrogen and oxygen atoms in total. The molecule has 0 saturated carbocycles. The molecule has 32 heavy (non-hydrogen) atoms. The van der Waals surface area contributed by atoms with Crippen molar-refractivity contribution in [3.8, 4) is 11.4 Å². The Kier molecular flexibility index (Phi) is 5.22. The molecule has 0 atom stereocenters. The molecule has 0 fully saturated rings. The Morgan fingerprint density at radius 3 is 1.19 bits per heavy atom. The molecule has 0 bridgehead atoms. The van der Waals surface area contributed by atoms with E-state index in [0.717, 1.165) is 0 Å². The van der Waals surface area contributed by atoms with Crippen molar-refractivity contribution in [3.63, 3.8) is 0 Å². The van der Waals surface area contributed by atoms with Crippen molar-refractivity contribution in [2.24, 2.45) is 0 Å². The molecule has 2 aromatic heterocycles. The Hall–Kier alpha value is -4.06. The van der Waals surface area contributed by atoms with E-state index in [1.807, 2.05) is 0 Å². The van der Waals surface area contributed by atoms with Crippen LogP contribution < -0.4 is 0 Å². The van der Waals surface area contributed by atoms with Crippen molar-refractivity contribution in [2.45, 2.75) is 27.7 Å². The zero-order chi connectivity index (χ0) is 23.2. The summed E-state index contributed by atoms with van der Waals surface area (Å²) in [5, 5.41) is 2.24. The summed E-state index contributed by atoms with van der Waals surface area (Å²) < 4.78 is 0. The number of fused-ring (bicyclic) bond motifs is 2. The van der Waals surface area contributed by atoms with Crippen LogP contribution in [0.2, 0.25) is 0 Å². The van der Waals surface area contributed by atoms with E-state index in [1.54, 1.807) is 36.4 Å². The number of pyridine rings is 2. The smallest absolute Gasteiger partial charge is 0.162 e. The Bertz CT molecular complexity index is 1330. The Labute approximate surface area is 184 Å². The van der Waals surface area contributed by atoms with Crippen molar-refractivity contribution >= 4 is 44.7 Å². The van der Waals surface area contributed by atoms with Gasteiger partial charge < -0.3 is 0 Å². The van der Waals surface area contributed by atoms with Gasteiger partial charge in [-0.3, -0.25) is 29.1 Å². The van der Waals surface area contributed by atoms with Crippen LogP contribution in [0.4, 0.5) is 0 Å². The Balaban J connectivity index is 2.19. The Morgan fingerprint density at radius 1 is 0.531 bits per heavy atom. The predicted molar refractivity (Wildman–Crippen MR) is 122 cm³/mol. The molecule has 0 amide bonds. The van der Waals surface area contributed by atoms with Crippen molar-refractivity contribution in [3.05, 3.63) is 71.0 Å². The van der Waals surface area contributed by atoms with Gasteiger partial charge in [-0.15, -0.1) is 0 Å². The van der Waals surface area contributed by atoms with Crippen molar-refractivity contribution < 1.29 is 19.2 Å². The topological polar surface area (TPSA) is 94.1 Å². The number of carbonyl (C=O) groups is 4. The summed E-state index contributed by atoms with van der Waals surface area (Å²) in [6.45, 7) is 5.77. The third kappa shape index (κ3) is 3.30. The van der Waals surface area contributed by atoms with Gasteiger partial charge in [0.25, 0.3) is 0 Å². The fourth-order valence-corrected chi connectivity index (χ4v) is 4.10. The highest BCUT2D eigenvalue weighted by Crippen LogP contribution is 2.36. The SMILES string of the molecule is CC(=O)c1cccc2c(-c3ncc(C(C)=O)c4c(C(C)=O)cccc34)ncc(C(C)=O)c12. The third-order valence-electron chi connectivity index (χ3n) is 5.56. The number of nitrogens with zero attached hydrogens (tertiary/aromatic N) is 2. The van der Waals surface area contributed by atoms with Gasteiger partial charge in [0.1, 0.15) is 0 Å². The maximum atomic E-state index is 12.3. The van der Waals surface area contributed by atoms with Crippen LogP contribution in [0.5, 0.6) is 0 Å². The van der Waals surface area contributed by atoms with E-state index in [0.29, 0.717) is 55.2 Å². The van der Waals surface area contributed by atoms with Crippen LogP contribution in [0, 0.1) is 0 Å². The number of Topliss-reactive ketones (excluding diaryl/α,β-unsaturated/α-hetero) is 4. The summed E-state index contributed by atoms with van der Waals surface area (Å²) in [6, 6.07) is 10.4. The molecule has 4 rings (SSSR count). The average molecular weight is 424 g/mol. The summed E-state index contributed by atoms with van der Waals surface area (Å²) in [7, 11) is 0. The molecule has 0 saturated heterocycles. The lowest BCUT2D eigenvalue weighted by Gasteiger charge is -2.15. The van der Waals surface area contributed by atoms with E-state index in [9.17, 15) is 19.2 Å². The minimum absolute atomic E-state index is 0.168. The first-order valence-electron chi connectivity index (χ1n) is 10.1. The highest BCUT2D eigenvalue weighted by atomic mass is 16.1. The highest BCUT2D eigenvalue weighted by Gasteiger charge is 2.22. The van der Waals surface area contributed by atoms with E-state index in [4.69, 9.17) is 0 Å². The van der Waals surface area contributed by atoms with Gasteiger partial charge in [0.2, 0.25) is 0 Å². The zero-order valence-corrected chi connectivity index (χ0v) is 18.1. The van der Waals surface area contributed by atoms with Gasteiger partial charge in [-0.1, -0.05) is 36.4 Å². The highest BCUT2D eigenvalue weighted by molar-refractivity contribution is 6.21. The molecule has 2 aromatic carbocycles. The minimum atomic E-state index is -0.202. The van der Waals surface area contributed by atoms with Crippen LogP contribution in [0.25, 0.3) is 32.9 Å². The quantitative estimate of drug-likeness (QED) is 0.406. The van der Waals surface area contributed by atoms with Crippen molar-refractivity contribution in [1.82, 2.24) is 9.97 Å². The van der Waals surface area contributed by atoms with Crippen molar-refractivity contribution in [1.29, 1.82) is 0 Å². The largest absolute Gasteiger partial charge is 0.294 e. The van der Waals surface area contributed by atoms with E-state index in [-0.39, 0.29) is 23.1 Å². The van der Waals surface area contributed by atoms with E-state index < -0.39 is 0 Å². The van der Waals surface area contributed by atoms with Gasteiger partial charge in [0.15, 0.2) is 23.1 Å². The number of ketones is 4. The van der Waals surface area contributed by atoms with Gasteiger partial charge in [-0.25, -0.2) is 0 Å². The summed E-state index contributed by atoms with van der Waals surface area (Å²) in [4.78, 5) is 58.3. The van der Waals surface area contributed by atoms with Crippen LogP contribution in [-0.4, -0.2) is 33.1 Å². The maximum Gasteiger partial charge on any atom is 0.162 e. The molecular formula is C26H20N2O4. The molecular weight excluding hydrogens is 404 g/mol. The summed E-state index contributed by atoms with van der Waals surface area (Å²) in [5.74, 6) is -0.740. The molecule has 0 aliphatic heterocycles. The molecule has 158 valence electrons. The number of carbonyl (C=O) groups excluding carboxylic acids is 4. The Morgan fingerprint density at radius 2 is 0.875 bits per heavy atom. The van der Waals surface area contributed by atoms with Crippen LogP contribution in [0.3, 0.4) is 0 Å². The van der Waals surface area contributed by atoms with E-state index in [2.05, 4.69) is 9.97 Å². The average Bonchev–Trinajstić information content (AvgIpc) is 2.76. The minimum Gasteiger partial charge on any atom is -0.294 e. The number of aromatic nitrogens is 2. The fourth-order valence-electron chi connectivity index (χ4n) is 4.10. The monoisotopic (exact) mass is 424 g/mol. The van der Waals surface area contributed by atoms with Crippen LogP contribution in [0.15, 0.2) is 48.8 Å². The summed E-state index contributed by atoms with van der Waals surface area (Å²) in [5.41, 5.74) is 2.48. The van der Waals surface area contributed by atoms with Gasteiger partial charge in [0.05, 0.1) is 11.4 Å². The van der Waals surface area contributed by atoms with Gasteiger partial charge in [-0.2, -0.15) is 0 Å². The number of rotatable bonds is 5. The summed E-state index contributed by atoms with van der Waals surface area (Å²) >= 11 is 0. The number of hydrogen-bond acceptors (Lipinski definition) is 6. The van der Waals surface area contributed by atoms with Gasteiger partial charge in [0, 0.05) is 56.2 Å². The normalized spacial score (nSPS) is 11.0. The van der Waals surface area contributed by atoms with Gasteiger partial charge >= 0.3 is 0 Å². The maximum absolute atomic E-state index is 12.3. The number of benzene rings is 2. The molecule has 0 spiro atoms. The molecule has 6 heteroatoms.